The molecule has 0 fully saturated rings. The van der Waals surface area contributed by atoms with Crippen LogP contribution in [0.15, 0.2) is 116 Å². The molecule has 0 aliphatic rings. The fourth-order valence-electron chi connectivity index (χ4n) is 3.14. The van der Waals surface area contributed by atoms with Gasteiger partial charge in [-0.3, -0.25) is 10.3 Å². The third kappa shape index (κ3) is 5.60. The van der Waals surface area contributed by atoms with Crippen LogP contribution in [-0.2, 0) is 11.1 Å². The summed E-state index contributed by atoms with van der Waals surface area (Å²) in [6.07, 6.45) is 3.36. The third-order valence-electron chi connectivity index (χ3n) is 4.61. The molecule has 1 atom stereocenters. The Morgan fingerprint density at radius 3 is 1.81 bits per heavy atom. The maximum Gasteiger partial charge on any atom is 0.452 e. The summed E-state index contributed by atoms with van der Waals surface area (Å²) in [5.41, 5.74) is 1.77. The van der Waals surface area contributed by atoms with Gasteiger partial charge >= 0.3 is 7.60 Å². The standard InChI is InChI=1S/C25H23N2O3P/c28-31(29-23-14-6-2-7-15-23,30-24-16-8-3-9-17-24)25(22-13-10-18-26-20-22)27-19-21-11-4-1-5-12-21/h1-18,20,25,27H,19H2. The topological polar surface area (TPSA) is 60.5 Å². The minimum absolute atomic E-state index is 0.470. The van der Waals surface area contributed by atoms with Gasteiger partial charge in [-0.2, -0.15) is 0 Å². The van der Waals surface area contributed by atoms with E-state index in [1.54, 1.807) is 36.7 Å². The number of para-hydroxylation sites is 2. The lowest BCUT2D eigenvalue weighted by molar-refractivity contribution is 0.360. The highest BCUT2D eigenvalue weighted by Gasteiger charge is 2.40. The molecular weight excluding hydrogens is 407 g/mol. The van der Waals surface area contributed by atoms with Gasteiger partial charge in [0.05, 0.1) is 0 Å². The second-order valence-corrected chi connectivity index (χ2v) is 8.87. The van der Waals surface area contributed by atoms with Crippen LogP contribution in [0.3, 0.4) is 0 Å². The maximum atomic E-state index is 14.3. The molecule has 31 heavy (non-hydrogen) atoms. The Kier molecular flexibility index (Phi) is 6.78. The monoisotopic (exact) mass is 430 g/mol. The smallest absolute Gasteiger partial charge is 0.415 e. The SMILES string of the molecule is O=P(Oc1ccccc1)(Oc1ccccc1)C(NCc1ccccc1)c1cccnc1. The third-order valence-corrected chi connectivity index (χ3v) is 6.65. The lowest BCUT2D eigenvalue weighted by Crippen LogP contribution is -2.25. The van der Waals surface area contributed by atoms with Gasteiger partial charge in [-0.05, 0) is 35.9 Å². The van der Waals surface area contributed by atoms with Gasteiger partial charge in [0.1, 0.15) is 11.5 Å². The molecule has 6 heteroatoms. The van der Waals surface area contributed by atoms with Crippen molar-refractivity contribution >= 4 is 7.60 Å². The number of hydrogen-bond donors (Lipinski definition) is 1. The zero-order valence-electron chi connectivity index (χ0n) is 16.9. The number of nitrogens with zero attached hydrogens (tertiary/aromatic N) is 1. The van der Waals surface area contributed by atoms with Crippen LogP contribution in [0.5, 0.6) is 11.5 Å². The Balaban J connectivity index is 1.71. The van der Waals surface area contributed by atoms with E-state index in [-0.39, 0.29) is 0 Å². The van der Waals surface area contributed by atoms with Crippen molar-refractivity contribution in [3.63, 3.8) is 0 Å². The van der Waals surface area contributed by atoms with Gasteiger partial charge in [0, 0.05) is 24.5 Å². The van der Waals surface area contributed by atoms with E-state index < -0.39 is 13.4 Å². The Bertz CT molecular complexity index is 1070. The average Bonchev–Trinajstić information content (AvgIpc) is 2.82. The van der Waals surface area contributed by atoms with Crippen LogP contribution in [0.4, 0.5) is 0 Å². The molecule has 0 spiro atoms. The van der Waals surface area contributed by atoms with Crippen molar-refractivity contribution in [3.8, 4) is 11.5 Å². The van der Waals surface area contributed by atoms with Gasteiger partial charge < -0.3 is 9.05 Å². The molecule has 0 amide bonds. The zero-order chi connectivity index (χ0) is 21.4. The lowest BCUT2D eigenvalue weighted by atomic mass is 10.2. The maximum absolute atomic E-state index is 14.3. The number of pyridine rings is 1. The number of nitrogens with one attached hydrogen (secondary N) is 1. The summed E-state index contributed by atoms with van der Waals surface area (Å²) in [7, 11) is -3.78. The summed E-state index contributed by atoms with van der Waals surface area (Å²) in [6.45, 7) is 0.487. The molecule has 0 radical (unpaired) electrons. The lowest BCUT2D eigenvalue weighted by Gasteiger charge is -2.28. The Hall–Kier alpha value is -3.40. The van der Waals surface area contributed by atoms with Gasteiger partial charge in [0.15, 0.2) is 5.78 Å². The first-order valence-corrected chi connectivity index (χ1v) is 11.6. The molecule has 4 aromatic rings. The molecular formula is C25H23N2O3P. The van der Waals surface area contributed by atoms with Crippen molar-refractivity contribution < 1.29 is 13.6 Å². The molecule has 1 aromatic heterocycles. The fourth-order valence-corrected chi connectivity index (χ4v) is 5.05. The summed E-state index contributed by atoms with van der Waals surface area (Å²) in [5.74, 6) is 0.205. The quantitative estimate of drug-likeness (QED) is 0.319. The van der Waals surface area contributed by atoms with E-state index in [4.69, 9.17) is 9.05 Å². The predicted octanol–water partition coefficient (Wildman–Crippen LogP) is 6.22. The van der Waals surface area contributed by atoms with Crippen molar-refractivity contribution in [2.24, 2.45) is 0 Å². The molecule has 0 aliphatic carbocycles. The Morgan fingerprint density at radius 2 is 1.29 bits per heavy atom. The van der Waals surface area contributed by atoms with Crippen molar-refractivity contribution in [1.29, 1.82) is 0 Å². The number of aromatic nitrogens is 1. The zero-order valence-corrected chi connectivity index (χ0v) is 17.8. The highest BCUT2D eigenvalue weighted by molar-refractivity contribution is 7.55. The van der Waals surface area contributed by atoms with Crippen molar-refractivity contribution in [2.45, 2.75) is 12.3 Å². The summed E-state index contributed by atoms with van der Waals surface area (Å²) in [4.78, 5) is 4.22. The largest absolute Gasteiger partial charge is 0.452 e. The van der Waals surface area contributed by atoms with Crippen LogP contribution < -0.4 is 14.4 Å². The second-order valence-electron chi connectivity index (χ2n) is 6.90. The summed E-state index contributed by atoms with van der Waals surface area (Å²) in [5, 5.41) is 3.38. The molecule has 0 saturated heterocycles. The molecule has 0 bridgehead atoms. The molecule has 1 N–H and O–H groups in total. The highest BCUT2D eigenvalue weighted by atomic mass is 31.2. The average molecular weight is 430 g/mol. The van der Waals surface area contributed by atoms with E-state index in [2.05, 4.69) is 10.3 Å². The summed E-state index contributed by atoms with van der Waals surface area (Å²) >= 11 is 0. The van der Waals surface area contributed by atoms with Crippen LogP contribution in [0.25, 0.3) is 0 Å². The highest BCUT2D eigenvalue weighted by Crippen LogP contribution is 2.58. The van der Waals surface area contributed by atoms with E-state index in [9.17, 15) is 4.57 Å². The molecule has 5 nitrogen and oxygen atoms in total. The Labute approximate surface area is 182 Å². The summed E-state index contributed by atoms with van der Waals surface area (Å²) in [6, 6.07) is 31.7. The van der Waals surface area contributed by atoms with E-state index in [1.165, 1.54) is 0 Å². The number of hydrogen-bond acceptors (Lipinski definition) is 5. The van der Waals surface area contributed by atoms with Gasteiger partial charge in [-0.25, -0.2) is 4.57 Å². The van der Waals surface area contributed by atoms with Crippen LogP contribution >= 0.6 is 7.60 Å². The molecule has 0 saturated carbocycles. The normalized spacial score (nSPS) is 12.1. The van der Waals surface area contributed by atoms with E-state index in [0.29, 0.717) is 23.6 Å². The van der Waals surface area contributed by atoms with Crippen LogP contribution in [0.1, 0.15) is 16.9 Å². The van der Waals surface area contributed by atoms with Crippen LogP contribution in [0, 0.1) is 0 Å². The molecule has 3 aromatic carbocycles. The Morgan fingerprint density at radius 1 is 0.742 bits per heavy atom. The van der Waals surface area contributed by atoms with Crippen molar-refractivity contribution in [3.05, 3.63) is 127 Å². The van der Waals surface area contributed by atoms with Crippen molar-refractivity contribution in [1.82, 2.24) is 10.3 Å². The van der Waals surface area contributed by atoms with E-state index in [0.717, 1.165) is 5.56 Å². The number of benzene rings is 3. The minimum Gasteiger partial charge on any atom is -0.415 e. The van der Waals surface area contributed by atoms with Gasteiger partial charge in [-0.15, -0.1) is 0 Å². The minimum atomic E-state index is -3.78. The number of rotatable bonds is 9. The summed E-state index contributed by atoms with van der Waals surface area (Å²) < 4.78 is 26.4. The molecule has 1 heterocycles. The molecule has 0 aliphatic heterocycles. The molecule has 156 valence electrons. The first-order valence-electron chi connectivity index (χ1n) is 9.99. The van der Waals surface area contributed by atoms with Crippen molar-refractivity contribution in [2.75, 3.05) is 0 Å². The fraction of sp³-hybridized carbons (Fsp3) is 0.0800. The first-order chi connectivity index (χ1) is 15.2. The van der Waals surface area contributed by atoms with Crippen LogP contribution in [0.2, 0.25) is 0 Å². The van der Waals surface area contributed by atoms with E-state index >= 15 is 0 Å². The van der Waals surface area contributed by atoms with Gasteiger partial charge in [-0.1, -0.05) is 72.8 Å². The predicted molar refractivity (Wildman–Crippen MR) is 122 cm³/mol. The van der Waals surface area contributed by atoms with Gasteiger partial charge in [0.2, 0.25) is 0 Å². The second kappa shape index (κ2) is 10.1. The first kappa shape index (κ1) is 20.9. The molecule has 1 unspecified atom stereocenters. The molecule has 4 rings (SSSR count). The van der Waals surface area contributed by atoms with Crippen LogP contribution in [-0.4, -0.2) is 4.98 Å². The van der Waals surface area contributed by atoms with E-state index in [1.807, 2.05) is 78.9 Å². The van der Waals surface area contributed by atoms with Gasteiger partial charge in [0.25, 0.3) is 0 Å².